The summed E-state index contributed by atoms with van der Waals surface area (Å²) in [6.45, 7) is 17.0. The van der Waals surface area contributed by atoms with E-state index in [0.29, 0.717) is 70.9 Å². The van der Waals surface area contributed by atoms with Gasteiger partial charge in [0.25, 0.3) is 40.5 Å². The first-order chi connectivity index (χ1) is 68.3. The van der Waals surface area contributed by atoms with E-state index in [1.807, 2.05) is 0 Å². The largest absolute Gasteiger partial charge is 2.00 e. The van der Waals surface area contributed by atoms with Crippen LogP contribution in [0.1, 0.15) is 44.5 Å². The zero-order valence-electron chi connectivity index (χ0n) is 79.6. The third-order valence-corrected chi connectivity index (χ3v) is 27.7. The van der Waals surface area contributed by atoms with E-state index >= 15 is 0 Å². The van der Waals surface area contributed by atoms with Crippen LogP contribution in [0.2, 0.25) is 0 Å². The van der Waals surface area contributed by atoms with E-state index < -0.39 is 40.5 Å². The molecule has 8 bridgehead atoms. The Balaban J connectivity index is 0.000000533. The van der Waals surface area contributed by atoms with Gasteiger partial charge in [0, 0.05) is 218 Å². The third kappa shape index (κ3) is 40.9. The van der Waals surface area contributed by atoms with Crippen molar-refractivity contribution in [1.82, 2.24) is 39.9 Å². The molecule has 145 heavy (non-hydrogen) atoms. The molecule has 12 aromatic carbocycles. The third-order valence-electron chi connectivity index (χ3n) is 18.4. The predicted molar refractivity (Wildman–Crippen MR) is 580 cm³/mol. The molecule has 0 unspecified atom stereocenters. The van der Waals surface area contributed by atoms with Crippen molar-refractivity contribution in [1.29, 1.82) is 0 Å². The normalized spacial score (nSPS) is 11.2. The first-order valence-corrected chi connectivity index (χ1v) is 60.0. The Hall–Kier alpha value is -8.12. The smallest absolute Gasteiger partial charge is 0.357 e. The molecule has 49 heteroatoms. The van der Waals surface area contributed by atoms with E-state index in [4.69, 9.17) is 79.1 Å². The monoisotopic (exact) mass is 2320 g/mol. The van der Waals surface area contributed by atoms with E-state index in [1.54, 1.807) is 119 Å². The number of hydrogen-bond donors (Lipinski definition) is 8. The molecule has 2 aliphatic heterocycles. The first-order valence-electron chi connectivity index (χ1n) is 41.5. The Morgan fingerprint density at radius 1 is 0.221 bits per heavy atom. The van der Waals surface area contributed by atoms with Crippen molar-refractivity contribution in [2.24, 2.45) is 0 Å². The Morgan fingerprint density at radius 3 is 0.462 bits per heavy atom. The predicted octanol–water partition coefficient (Wildman–Crippen LogP) is 26.6. The second-order valence-electron chi connectivity index (χ2n) is 30.2. The van der Waals surface area contributed by atoms with Crippen LogP contribution < -0.4 is 9.97 Å². The minimum atomic E-state index is -3.67. The van der Waals surface area contributed by atoms with E-state index in [2.05, 4.69) is 336 Å². The van der Waals surface area contributed by atoms with Gasteiger partial charge in [0.2, 0.25) is 0 Å². The fraction of sp³-hybridized carbons (Fsp3) is 0.167. The van der Waals surface area contributed by atoms with Gasteiger partial charge in [-0.05, 0) is 201 Å². The van der Waals surface area contributed by atoms with E-state index in [-0.39, 0.29) is 17.1 Å². The zero-order valence-corrected chi connectivity index (χ0v) is 93.6. The molecule has 0 fully saturated rings. The maximum atomic E-state index is 9.19. The molecule has 15 aromatic rings. The Morgan fingerprint density at radius 2 is 0.345 bits per heavy atom. The molecule has 1 radical (unpaired) electrons. The molecule has 0 atom stereocenters. The molecule has 17 rings (SSSR count). The summed E-state index contributed by atoms with van der Waals surface area (Å²) in [4.78, 5) is 63.3. The molecule has 0 spiro atoms. The van der Waals surface area contributed by atoms with Crippen LogP contribution in [-0.2, 0) is 95.0 Å². The van der Waals surface area contributed by atoms with Crippen molar-refractivity contribution in [3.8, 4) is 45.6 Å². The standard InChI is InChI=1S/C88H64N8S8.8CH4O3S.Cu/c1-49-9-25-57(26-10-49)97-65-41-42-66(98-58-27-11-50(2)12-28-58)74-73(65)81-89-82(74)94-84-77-69(101-61-33-17-53(5)18-34-61)45-46-70(102-62-35-19-54(6)20-36-62)78(77)86(91-84)96-88-80-72(104-64-39-23-56(8)24-40-64)48-47-71(103-63-37-21-55(7)22-38-63)79(80)87(92-88)95-85-76-68(100-60-31-15-52(4)16-32-60)44-43-67(75(76)83(90-85)93-81)99-59-29-13-51(3)14-30-59;4*1-5(2,3)4;4*1-5-4-3-2;/h9-48H,1-8H3;4*1H3,(H,2,3,4);4*2H,1H3;/q-2;;;;;;;;;+2. The van der Waals surface area contributed by atoms with E-state index in [0.717, 1.165) is 170 Å². The van der Waals surface area contributed by atoms with Crippen LogP contribution in [0.15, 0.2) is 321 Å². The zero-order chi connectivity index (χ0) is 105. The van der Waals surface area contributed by atoms with Crippen molar-refractivity contribution in [2.45, 2.75) is 134 Å². The molecule has 0 amide bonds. The summed E-state index contributed by atoms with van der Waals surface area (Å²) < 4.78 is 119. The van der Waals surface area contributed by atoms with Crippen molar-refractivity contribution in [2.75, 3.05) is 50.0 Å². The van der Waals surface area contributed by atoms with Crippen LogP contribution in [0.25, 0.3) is 89.7 Å². The summed E-state index contributed by atoms with van der Waals surface area (Å²) in [5.74, 6) is 1.89. The van der Waals surface area contributed by atoms with Gasteiger partial charge in [-0.1, -0.05) is 256 Å². The fourth-order valence-corrected chi connectivity index (χ4v) is 20.5. The summed E-state index contributed by atoms with van der Waals surface area (Å²) in [5, 5.41) is 45.3. The number of aromatic nitrogens is 8. The van der Waals surface area contributed by atoms with Crippen LogP contribution >= 0.6 is 142 Å². The van der Waals surface area contributed by atoms with Gasteiger partial charge in [0.15, 0.2) is 0 Å². The summed E-state index contributed by atoms with van der Waals surface area (Å²) in [7, 11) is -14.7. The molecule has 32 nitrogen and oxygen atoms in total. The summed E-state index contributed by atoms with van der Waals surface area (Å²) in [6.07, 6.45) is 9.35. The summed E-state index contributed by atoms with van der Waals surface area (Å²) in [6, 6.07) is 87.5. The van der Waals surface area contributed by atoms with Gasteiger partial charge < -0.3 is 29.9 Å². The van der Waals surface area contributed by atoms with Crippen LogP contribution in [-0.4, -0.2) is 153 Å². The van der Waals surface area contributed by atoms with Gasteiger partial charge in [-0.3, -0.25) is 18.2 Å². The molecule has 8 N–H and O–H groups in total. The van der Waals surface area contributed by atoms with Gasteiger partial charge in [0.05, 0.1) is 48.3 Å². The van der Waals surface area contributed by atoms with Gasteiger partial charge in [-0.15, -0.1) is 17.3 Å². The summed E-state index contributed by atoms with van der Waals surface area (Å²) in [5.41, 5.74) is 14.7. The van der Waals surface area contributed by atoms with Crippen molar-refractivity contribution in [3.63, 3.8) is 0 Å². The molecule has 0 aliphatic carbocycles. The molecule has 0 saturated heterocycles. The number of rotatable bonds is 24. The van der Waals surface area contributed by atoms with Gasteiger partial charge in [-0.2, -0.15) is 33.7 Å². The number of nitrogens with zero attached hydrogens (tertiary/aromatic N) is 8. The van der Waals surface area contributed by atoms with Crippen molar-refractivity contribution in [3.05, 3.63) is 287 Å². The average molecular weight is 2320 g/mol. The SMILES string of the molecule is CS(=O)(=O)O.CS(=O)(=O)O.CS(=O)(=O)O.CS(=O)(=O)O.CSOOO.CSOOO.CSOOO.CSOOO.Cc1ccc(Sc2ccc(Sc3ccc(C)cc3)c3c2-c2nc-3nc3[n-]c(nc4nc(nc5[n-]c(n2)c2c(Sc6ccc(C)cc6)ccc(Sc6ccc(C)cc6)c52)-c2c(Sc5ccc(C)cc5)ccc(Sc5ccc(C)cc5)c2-4)c2c(Sc4ccc(C)cc4)ccc(Sc4ccc(C)cc4)c32)cc1.[Cu+2]. The summed E-state index contributed by atoms with van der Waals surface area (Å²) >= 11 is 17.2. The molecular formula is C96H96CuN8O24S16. The quantitative estimate of drug-likeness (QED) is 0.00915. The molecule has 3 aromatic heterocycles. The number of aryl methyl sites for hydroxylation is 8. The van der Waals surface area contributed by atoms with Crippen LogP contribution in [0, 0.1) is 55.4 Å². The topological polar surface area (TPSA) is 478 Å². The second kappa shape index (κ2) is 59.5. The first kappa shape index (κ1) is 122. The van der Waals surface area contributed by atoms with Crippen LogP contribution in [0.3, 0.4) is 0 Å². The van der Waals surface area contributed by atoms with Crippen LogP contribution in [0.4, 0.5) is 0 Å². The number of fused-ring (bicyclic) bond motifs is 20. The maximum absolute atomic E-state index is 9.19. The Bertz CT molecular complexity index is 6590. The second-order valence-corrected chi connectivity index (χ2v) is 46.9. The number of benzene rings is 12. The molecule has 5 heterocycles. The van der Waals surface area contributed by atoms with Gasteiger partial charge >= 0.3 is 17.1 Å². The Labute approximate surface area is 901 Å². The average Bonchev–Trinajstić information content (AvgIpc) is 1.57. The molecular weight excluding hydrogens is 2230 g/mol. The van der Waals surface area contributed by atoms with Crippen molar-refractivity contribution < 1.29 is 127 Å². The van der Waals surface area contributed by atoms with E-state index in [1.165, 1.54) is 44.5 Å². The maximum Gasteiger partial charge on any atom is 2.00 e. The van der Waals surface area contributed by atoms with Crippen molar-refractivity contribution >= 4 is 227 Å². The molecule has 2 aliphatic rings. The number of hydrogen-bond acceptors (Lipinski definition) is 38. The molecule has 771 valence electrons. The minimum Gasteiger partial charge on any atom is -0.357 e. The van der Waals surface area contributed by atoms with Crippen LogP contribution in [0.5, 0.6) is 0 Å². The van der Waals surface area contributed by atoms with E-state index in [9.17, 15) is 33.7 Å². The fourth-order valence-electron chi connectivity index (χ4n) is 12.6. The van der Waals surface area contributed by atoms with Gasteiger partial charge in [0.1, 0.15) is 0 Å². The minimum absolute atomic E-state index is 0. The molecule has 0 saturated carbocycles. The van der Waals surface area contributed by atoms with Gasteiger partial charge in [-0.25, -0.2) is 31.0 Å². The Kier molecular flexibility index (Phi) is 50.1.